The van der Waals surface area contributed by atoms with Gasteiger partial charge in [-0.15, -0.1) is 0 Å². The van der Waals surface area contributed by atoms with Crippen molar-refractivity contribution in [2.45, 2.75) is 36.6 Å². The van der Waals surface area contributed by atoms with E-state index in [1.165, 1.54) is 6.42 Å². The number of carbonyl (C=O) groups is 1. The summed E-state index contributed by atoms with van der Waals surface area (Å²) >= 11 is 11.0. The van der Waals surface area contributed by atoms with Crippen molar-refractivity contribution in [3.63, 3.8) is 0 Å². The monoisotopic (exact) mass is 209 g/mol. The van der Waals surface area contributed by atoms with E-state index in [9.17, 15) is 4.79 Å². The smallest absolute Gasteiger partial charge is 0.182 e. The Hall–Kier alpha value is 0.210. The van der Waals surface area contributed by atoms with E-state index in [0.29, 0.717) is 0 Å². The fourth-order valence-electron chi connectivity index (χ4n) is 1.42. The third-order valence-electron chi connectivity index (χ3n) is 2.12. The van der Waals surface area contributed by atoms with Gasteiger partial charge in [-0.25, -0.2) is 0 Å². The van der Waals surface area contributed by atoms with Crippen molar-refractivity contribution in [2.75, 3.05) is 6.54 Å². The van der Waals surface area contributed by atoms with Crippen LogP contribution in [0.25, 0.3) is 0 Å². The minimum absolute atomic E-state index is 0.0831. The largest absolute Gasteiger partial charge is 0.307 e. The zero-order valence-corrected chi connectivity index (χ0v) is 8.37. The molecule has 1 heterocycles. The molecule has 0 aliphatic carbocycles. The lowest BCUT2D eigenvalue weighted by Gasteiger charge is -2.14. The molecule has 1 fully saturated rings. The van der Waals surface area contributed by atoms with Gasteiger partial charge in [-0.3, -0.25) is 4.79 Å². The van der Waals surface area contributed by atoms with Gasteiger partial charge in [0.2, 0.25) is 0 Å². The van der Waals surface area contributed by atoms with Gasteiger partial charge in [-0.05, 0) is 19.4 Å². The second-order valence-corrected chi connectivity index (χ2v) is 4.16. The van der Waals surface area contributed by atoms with E-state index in [1.807, 2.05) is 0 Å². The average Bonchev–Trinajstić information content (AvgIpc) is 2.30. The molecule has 0 aromatic carbocycles. The summed E-state index contributed by atoms with van der Waals surface area (Å²) in [4.78, 5) is 10.4. The molecule has 70 valence electrons. The summed E-state index contributed by atoms with van der Waals surface area (Å²) in [6.07, 6.45) is 4.28. The zero-order chi connectivity index (χ0) is 8.97. The van der Waals surface area contributed by atoms with Crippen molar-refractivity contribution in [1.29, 1.82) is 0 Å². The van der Waals surface area contributed by atoms with E-state index in [0.717, 1.165) is 25.8 Å². The highest BCUT2D eigenvalue weighted by molar-refractivity contribution is 6.54. The molecule has 1 aliphatic heterocycles. The molecule has 1 N–H and O–H groups in total. The summed E-state index contributed by atoms with van der Waals surface area (Å²) in [5.41, 5.74) is 0. The standard InChI is InChI=1S/C8H13Cl2NO/c9-8(10)7(12)6-4-2-1-3-5-11-6/h6,8,11H,1-5H2. The normalized spacial score (nSPS) is 25.4. The lowest BCUT2D eigenvalue weighted by molar-refractivity contribution is -0.119. The summed E-state index contributed by atoms with van der Waals surface area (Å²) < 4.78 is 0. The molecular formula is C8H13Cl2NO. The molecule has 1 aliphatic rings. The van der Waals surface area contributed by atoms with Crippen molar-refractivity contribution in [3.8, 4) is 0 Å². The highest BCUT2D eigenvalue weighted by atomic mass is 35.5. The first kappa shape index (κ1) is 10.3. The SMILES string of the molecule is O=C(C(Cl)Cl)C1CCCCCN1. The van der Waals surface area contributed by atoms with Gasteiger partial charge in [0, 0.05) is 0 Å². The number of nitrogens with one attached hydrogen (secondary N) is 1. The Morgan fingerprint density at radius 1 is 1.33 bits per heavy atom. The number of hydrogen-bond acceptors (Lipinski definition) is 2. The highest BCUT2D eigenvalue weighted by Crippen LogP contribution is 2.14. The van der Waals surface area contributed by atoms with Crippen LogP contribution >= 0.6 is 23.2 Å². The Balaban J connectivity index is 2.43. The Labute approximate surface area is 82.6 Å². The molecular weight excluding hydrogens is 197 g/mol. The van der Waals surface area contributed by atoms with Crippen LogP contribution in [-0.2, 0) is 4.79 Å². The Morgan fingerprint density at radius 3 is 2.75 bits per heavy atom. The fraction of sp³-hybridized carbons (Fsp3) is 0.875. The number of halogens is 2. The molecule has 1 unspecified atom stereocenters. The van der Waals surface area contributed by atoms with Crippen LogP contribution in [0, 0.1) is 0 Å². The van der Waals surface area contributed by atoms with E-state index < -0.39 is 4.84 Å². The van der Waals surface area contributed by atoms with Crippen LogP contribution in [0.5, 0.6) is 0 Å². The van der Waals surface area contributed by atoms with Gasteiger partial charge in [0.1, 0.15) is 0 Å². The molecule has 2 nitrogen and oxygen atoms in total. The van der Waals surface area contributed by atoms with Crippen molar-refractivity contribution in [3.05, 3.63) is 0 Å². The Kier molecular flexibility index (Phi) is 4.33. The molecule has 0 spiro atoms. The maximum Gasteiger partial charge on any atom is 0.182 e. The third-order valence-corrected chi connectivity index (χ3v) is 2.55. The Morgan fingerprint density at radius 2 is 2.08 bits per heavy atom. The molecule has 1 atom stereocenters. The molecule has 12 heavy (non-hydrogen) atoms. The molecule has 0 bridgehead atoms. The van der Waals surface area contributed by atoms with Crippen molar-refractivity contribution in [2.24, 2.45) is 0 Å². The maximum absolute atomic E-state index is 11.3. The number of ketones is 1. The molecule has 0 radical (unpaired) electrons. The summed E-state index contributed by atoms with van der Waals surface area (Å²) in [5.74, 6) is -0.0831. The lowest BCUT2D eigenvalue weighted by atomic mass is 10.1. The van der Waals surface area contributed by atoms with Crippen LogP contribution in [0.3, 0.4) is 0 Å². The Bertz CT molecular complexity index is 153. The molecule has 1 rings (SSSR count). The minimum atomic E-state index is -0.874. The summed E-state index contributed by atoms with van der Waals surface area (Å²) in [5, 5.41) is 3.14. The predicted molar refractivity (Wildman–Crippen MR) is 50.8 cm³/mol. The van der Waals surface area contributed by atoms with Crippen molar-refractivity contribution in [1.82, 2.24) is 5.32 Å². The third kappa shape index (κ3) is 2.92. The predicted octanol–water partition coefficient (Wildman–Crippen LogP) is 1.89. The maximum atomic E-state index is 11.3. The number of Topliss-reactive ketones (excluding diaryl/α,β-unsaturated/α-hetero) is 1. The van der Waals surface area contributed by atoms with Gasteiger partial charge in [0.15, 0.2) is 10.6 Å². The molecule has 0 saturated carbocycles. The van der Waals surface area contributed by atoms with Crippen LogP contribution in [-0.4, -0.2) is 23.2 Å². The second-order valence-electron chi connectivity index (χ2n) is 3.06. The van der Waals surface area contributed by atoms with Gasteiger partial charge in [0.05, 0.1) is 6.04 Å². The number of rotatable bonds is 2. The quantitative estimate of drug-likeness (QED) is 0.705. The van der Waals surface area contributed by atoms with Crippen molar-refractivity contribution >= 4 is 29.0 Å². The fourth-order valence-corrected chi connectivity index (χ4v) is 1.73. The van der Waals surface area contributed by atoms with Gasteiger partial charge >= 0.3 is 0 Å². The molecule has 0 aromatic heterocycles. The van der Waals surface area contributed by atoms with Crippen LogP contribution in [0.2, 0.25) is 0 Å². The first-order valence-corrected chi connectivity index (χ1v) is 5.14. The van der Waals surface area contributed by atoms with E-state index in [4.69, 9.17) is 23.2 Å². The van der Waals surface area contributed by atoms with Crippen LogP contribution in [0.15, 0.2) is 0 Å². The van der Waals surface area contributed by atoms with Gasteiger partial charge in [0.25, 0.3) is 0 Å². The number of hydrogen-bond donors (Lipinski definition) is 1. The molecule has 4 heteroatoms. The van der Waals surface area contributed by atoms with E-state index in [-0.39, 0.29) is 11.8 Å². The van der Waals surface area contributed by atoms with Gasteiger partial charge in [-0.2, -0.15) is 0 Å². The molecule has 0 amide bonds. The average molecular weight is 210 g/mol. The first-order chi connectivity index (χ1) is 5.72. The number of carbonyl (C=O) groups excluding carboxylic acids is 1. The summed E-state index contributed by atoms with van der Waals surface area (Å²) in [6.45, 7) is 0.900. The number of alkyl halides is 2. The van der Waals surface area contributed by atoms with Gasteiger partial charge < -0.3 is 5.32 Å². The summed E-state index contributed by atoms with van der Waals surface area (Å²) in [6, 6.07) is -0.118. The van der Waals surface area contributed by atoms with Crippen LogP contribution in [0.4, 0.5) is 0 Å². The van der Waals surface area contributed by atoms with Gasteiger partial charge in [-0.1, -0.05) is 36.0 Å². The van der Waals surface area contributed by atoms with E-state index in [1.54, 1.807) is 0 Å². The zero-order valence-electron chi connectivity index (χ0n) is 6.85. The topological polar surface area (TPSA) is 29.1 Å². The first-order valence-electron chi connectivity index (χ1n) is 4.27. The van der Waals surface area contributed by atoms with Crippen LogP contribution in [0.1, 0.15) is 25.7 Å². The summed E-state index contributed by atoms with van der Waals surface area (Å²) in [7, 11) is 0. The van der Waals surface area contributed by atoms with E-state index >= 15 is 0 Å². The minimum Gasteiger partial charge on any atom is -0.307 e. The highest BCUT2D eigenvalue weighted by Gasteiger charge is 2.23. The van der Waals surface area contributed by atoms with E-state index in [2.05, 4.69) is 5.32 Å². The molecule has 1 saturated heterocycles. The van der Waals surface area contributed by atoms with Crippen molar-refractivity contribution < 1.29 is 4.79 Å². The molecule has 0 aromatic rings. The second kappa shape index (κ2) is 5.05. The van der Waals surface area contributed by atoms with Crippen LogP contribution < -0.4 is 5.32 Å². The lowest BCUT2D eigenvalue weighted by Crippen LogP contribution is -2.38.